The molecule has 0 atom stereocenters. The van der Waals surface area contributed by atoms with Crippen LogP contribution in [0.5, 0.6) is 0 Å². The minimum atomic E-state index is -0.301. The van der Waals surface area contributed by atoms with Gasteiger partial charge in [-0.2, -0.15) is 0 Å². The molecule has 0 bridgehead atoms. The smallest absolute Gasteiger partial charge is 0.248 e. The predicted molar refractivity (Wildman–Crippen MR) is 101 cm³/mol. The largest absolute Gasteiger partial charge is 0.463 e. The number of hydrogen-bond donors (Lipinski definition) is 1. The highest BCUT2D eigenvalue weighted by molar-refractivity contribution is 6.02. The lowest BCUT2D eigenvalue weighted by Gasteiger charge is -2.07. The molecule has 0 aliphatic heterocycles. The molecule has 0 spiro atoms. The van der Waals surface area contributed by atoms with E-state index in [2.05, 4.69) is 19.2 Å². The maximum atomic E-state index is 12.4. The Kier molecular flexibility index (Phi) is 4.80. The molecule has 3 aromatic rings. The number of benzene rings is 2. The maximum absolute atomic E-state index is 12.4. The monoisotopic (exact) mass is 333 g/mol. The number of para-hydroxylation sites is 1. The molecule has 0 aliphatic carbocycles. The second-order valence-corrected chi connectivity index (χ2v) is 6.12. The Morgan fingerprint density at radius 1 is 1.08 bits per heavy atom. The molecule has 1 aromatic heterocycles. The summed E-state index contributed by atoms with van der Waals surface area (Å²) in [5.74, 6) is 0.140. The second kappa shape index (κ2) is 7.18. The quantitative estimate of drug-likeness (QED) is 0.712. The van der Waals surface area contributed by atoms with Crippen molar-refractivity contribution < 1.29 is 9.21 Å². The molecule has 0 unspecified atom stereocenters. The van der Waals surface area contributed by atoms with Gasteiger partial charge < -0.3 is 9.73 Å². The van der Waals surface area contributed by atoms with E-state index in [0.717, 1.165) is 0 Å². The highest BCUT2D eigenvalue weighted by atomic mass is 16.3. The number of anilines is 1. The fourth-order valence-electron chi connectivity index (χ4n) is 2.51. The van der Waals surface area contributed by atoms with Crippen molar-refractivity contribution in [2.24, 2.45) is 0 Å². The van der Waals surface area contributed by atoms with Gasteiger partial charge in [-0.15, -0.1) is 0 Å². The number of nitrogens with one attached hydrogen (secondary N) is 1. The highest BCUT2D eigenvalue weighted by Crippen LogP contribution is 2.17. The van der Waals surface area contributed by atoms with Crippen molar-refractivity contribution in [3.63, 3.8) is 0 Å². The van der Waals surface area contributed by atoms with Crippen LogP contribution < -0.4 is 10.7 Å². The summed E-state index contributed by atoms with van der Waals surface area (Å²) in [7, 11) is 0. The van der Waals surface area contributed by atoms with E-state index in [-0.39, 0.29) is 11.3 Å². The van der Waals surface area contributed by atoms with E-state index in [1.807, 2.05) is 24.3 Å². The third-order valence-electron chi connectivity index (χ3n) is 3.97. The van der Waals surface area contributed by atoms with Crippen molar-refractivity contribution in [3.05, 3.63) is 82.2 Å². The zero-order chi connectivity index (χ0) is 17.8. The van der Waals surface area contributed by atoms with E-state index in [0.29, 0.717) is 28.1 Å². The lowest BCUT2D eigenvalue weighted by Crippen LogP contribution is -2.09. The molecular formula is C21H19NO3. The molecule has 3 rings (SSSR count). The zero-order valence-corrected chi connectivity index (χ0v) is 14.2. The molecular weight excluding hydrogens is 314 g/mol. The first-order chi connectivity index (χ1) is 12.0. The fraction of sp³-hybridized carbons (Fsp3) is 0.143. The van der Waals surface area contributed by atoms with Crippen LogP contribution in [0.3, 0.4) is 0 Å². The molecule has 0 saturated carbocycles. The fourth-order valence-corrected chi connectivity index (χ4v) is 2.51. The maximum Gasteiger partial charge on any atom is 0.248 e. The van der Waals surface area contributed by atoms with Crippen LogP contribution in [0.4, 0.5) is 5.69 Å². The van der Waals surface area contributed by atoms with Gasteiger partial charge >= 0.3 is 0 Å². The lowest BCUT2D eigenvalue weighted by atomic mass is 10.0. The Hall–Kier alpha value is -3.14. The summed E-state index contributed by atoms with van der Waals surface area (Å²) in [6.07, 6.45) is 4.17. The predicted octanol–water partition coefficient (Wildman–Crippen LogP) is 4.57. The van der Waals surface area contributed by atoms with Crippen LogP contribution in [-0.4, -0.2) is 5.91 Å². The Balaban J connectivity index is 1.74. The molecule has 0 aliphatic rings. The van der Waals surface area contributed by atoms with Gasteiger partial charge in [0.1, 0.15) is 11.8 Å². The minimum Gasteiger partial charge on any atom is -0.463 e. The first kappa shape index (κ1) is 16.7. The molecule has 1 N–H and O–H groups in total. The summed E-state index contributed by atoms with van der Waals surface area (Å²) < 4.78 is 5.43. The van der Waals surface area contributed by atoms with E-state index in [1.165, 1.54) is 24.0 Å². The SMILES string of the molecule is CC(C)c1ccc(NC(=O)/C=C/c2coc3ccccc3c2=O)cc1. The van der Waals surface area contributed by atoms with Crippen molar-refractivity contribution in [2.75, 3.05) is 5.32 Å². The number of carbonyl (C=O) groups is 1. The Morgan fingerprint density at radius 2 is 1.80 bits per heavy atom. The summed E-state index contributed by atoms with van der Waals surface area (Å²) in [5, 5.41) is 3.27. The third kappa shape index (κ3) is 3.86. The van der Waals surface area contributed by atoms with Gasteiger partial charge in [0, 0.05) is 11.8 Å². The molecule has 0 saturated heterocycles. The standard InChI is InChI=1S/C21H19NO3/c1-14(2)15-7-10-17(11-8-15)22-20(23)12-9-16-13-25-19-6-4-3-5-18(19)21(16)24/h3-14H,1-2H3,(H,22,23)/b12-9+. The number of amides is 1. The topological polar surface area (TPSA) is 59.3 Å². The van der Waals surface area contributed by atoms with Crippen molar-refractivity contribution in [3.8, 4) is 0 Å². The first-order valence-electron chi connectivity index (χ1n) is 8.14. The van der Waals surface area contributed by atoms with Crippen molar-refractivity contribution in [1.29, 1.82) is 0 Å². The first-order valence-corrected chi connectivity index (χ1v) is 8.14. The third-order valence-corrected chi connectivity index (χ3v) is 3.97. The number of fused-ring (bicyclic) bond motifs is 1. The van der Waals surface area contributed by atoms with E-state index in [9.17, 15) is 9.59 Å². The molecule has 126 valence electrons. The summed E-state index contributed by atoms with van der Waals surface area (Å²) in [6.45, 7) is 4.23. The van der Waals surface area contributed by atoms with Crippen LogP contribution in [-0.2, 0) is 4.79 Å². The van der Waals surface area contributed by atoms with E-state index < -0.39 is 0 Å². The normalized spacial score (nSPS) is 11.3. The van der Waals surface area contributed by atoms with Gasteiger partial charge in [0.25, 0.3) is 0 Å². The van der Waals surface area contributed by atoms with Gasteiger partial charge in [0.2, 0.25) is 5.91 Å². The van der Waals surface area contributed by atoms with E-state index >= 15 is 0 Å². The average Bonchev–Trinajstić information content (AvgIpc) is 2.62. The van der Waals surface area contributed by atoms with Crippen LogP contribution in [0.2, 0.25) is 0 Å². The number of rotatable bonds is 4. The average molecular weight is 333 g/mol. The minimum absolute atomic E-state index is 0.160. The van der Waals surface area contributed by atoms with Gasteiger partial charge in [-0.05, 0) is 41.8 Å². The van der Waals surface area contributed by atoms with Gasteiger partial charge in [-0.25, -0.2) is 0 Å². The summed E-state index contributed by atoms with van der Waals surface area (Å²) >= 11 is 0. The van der Waals surface area contributed by atoms with Crippen LogP contribution in [0.15, 0.2) is 70.1 Å². The van der Waals surface area contributed by atoms with Crippen LogP contribution in [0.1, 0.15) is 30.9 Å². The summed E-state index contributed by atoms with van der Waals surface area (Å²) in [5.41, 5.74) is 2.63. The molecule has 0 fully saturated rings. The van der Waals surface area contributed by atoms with Crippen LogP contribution in [0.25, 0.3) is 17.0 Å². The van der Waals surface area contributed by atoms with Crippen molar-refractivity contribution >= 4 is 28.6 Å². The molecule has 25 heavy (non-hydrogen) atoms. The van der Waals surface area contributed by atoms with Gasteiger partial charge in [0.05, 0.1) is 10.9 Å². The number of carbonyl (C=O) groups excluding carboxylic acids is 1. The summed E-state index contributed by atoms with van der Waals surface area (Å²) in [6, 6.07) is 14.7. The zero-order valence-electron chi connectivity index (χ0n) is 14.2. The molecule has 4 heteroatoms. The van der Waals surface area contributed by atoms with Gasteiger partial charge in [0.15, 0.2) is 5.43 Å². The van der Waals surface area contributed by atoms with Crippen LogP contribution in [0, 0.1) is 0 Å². The Labute approximate surface area is 145 Å². The molecule has 4 nitrogen and oxygen atoms in total. The van der Waals surface area contributed by atoms with E-state index in [1.54, 1.807) is 24.3 Å². The Bertz CT molecular complexity index is 982. The van der Waals surface area contributed by atoms with Gasteiger partial charge in [-0.1, -0.05) is 38.1 Å². The van der Waals surface area contributed by atoms with Crippen molar-refractivity contribution in [2.45, 2.75) is 19.8 Å². The van der Waals surface area contributed by atoms with Crippen molar-refractivity contribution in [1.82, 2.24) is 0 Å². The lowest BCUT2D eigenvalue weighted by molar-refractivity contribution is -0.111. The second-order valence-electron chi connectivity index (χ2n) is 6.12. The summed E-state index contributed by atoms with van der Waals surface area (Å²) in [4.78, 5) is 24.4. The molecule has 2 aromatic carbocycles. The molecule has 0 radical (unpaired) electrons. The number of hydrogen-bond acceptors (Lipinski definition) is 3. The van der Waals surface area contributed by atoms with Crippen LogP contribution >= 0.6 is 0 Å². The van der Waals surface area contributed by atoms with E-state index in [4.69, 9.17) is 4.42 Å². The highest BCUT2D eigenvalue weighted by Gasteiger charge is 2.05. The molecule has 1 heterocycles. The molecule has 1 amide bonds. The Morgan fingerprint density at radius 3 is 2.52 bits per heavy atom. The van der Waals surface area contributed by atoms with Gasteiger partial charge in [-0.3, -0.25) is 9.59 Å².